The highest BCUT2D eigenvalue weighted by atomic mass is 127. The smallest absolute Gasteiger partial charge is 0.220 e. The maximum atomic E-state index is 11.6. The van der Waals surface area contributed by atoms with Crippen molar-refractivity contribution in [2.24, 2.45) is 16.8 Å². The van der Waals surface area contributed by atoms with E-state index in [2.05, 4.69) is 46.2 Å². The van der Waals surface area contributed by atoms with Gasteiger partial charge in [0.05, 0.1) is 0 Å². The lowest BCUT2D eigenvalue weighted by Gasteiger charge is -2.35. The van der Waals surface area contributed by atoms with Crippen LogP contribution in [0.15, 0.2) is 4.99 Å². The molecule has 2 heterocycles. The third kappa shape index (κ3) is 8.82. The molecule has 0 aromatic rings. The van der Waals surface area contributed by atoms with Crippen LogP contribution in [0.4, 0.5) is 0 Å². The summed E-state index contributed by atoms with van der Waals surface area (Å²) in [5.74, 6) is 2.26. The second kappa shape index (κ2) is 13.6. The molecule has 164 valence electrons. The number of amides is 1. The number of likely N-dealkylation sites (N-methyl/N-ethyl adjacent to an activating group) is 1. The molecule has 2 N–H and O–H groups in total. The van der Waals surface area contributed by atoms with Gasteiger partial charge in [-0.15, -0.1) is 24.0 Å². The number of likely N-dealkylation sites (tertiary alicyclic amines) is 1. The lowest BCUT2D eigenvalue weighted by molar-refractivity contribution is -0.121. The normalized spacial score (nSPS) is 21.1. The molecule has 2 aliphatic rings. The van der Waals surface area contributed by atoms with Crippen LogP contribution in [0.25, 0.3) is 0 Å². The number of carbonyl (C=O) groups is 1. The largest absolute Gasteiger partial charge is 0.359 e. The van der Waals surface area contributed by atoms with E-state index in [-0.39, 0.29) is 29.9 Å². The number of rotatable bonds is 7. The van der Waals surface area contributed by atoms with E-state index in [0.29, 0.717) is 18.3 Å². The molecule has 0 spiro atoms. The van der Waals surface area contributed by atoms with E-state index in [9.17, 15) is 4.79 Å². The summed E-state index contributed by atoms with van der Waals surface area (Å²) in [6.07, 6.45) is 2.78. The number of hydrogen-bond acceptors (Lipinski definition) is 4. The average Bonchev–Trinajstić information content (AvgIpc) is 2.67. The van der Waals surface area contributed by atoms with Gasteiger partial charge in [-0.1, -0.05) is 6.92 Å². The molecule has 2 fully saturated rings. The molecule has 0 radical (unpaired) electrons. The van der Waals surface area contributed by atoms with Gasteiger partial charge in [-0.3, -0.25) is 9.79 Å². The number of guanidine groups is 1. The Morgan fingerprint density at radius 1 is 1.14 bits per heavy atom. The molecule has 28 heavy (non-hydrogen) atoms. The Balaban J connectivity index is 0.00000392. The third-order valence-corrected chi connectivity index (χ3v) is 5.72. The molecule has 0 aromatic carbocycles. The average molecular weight is 508 g/mol. The zero-order valence-electron chi connectivity index (χ0n) is 18.2. The standard InChI is InChI=1S/C20H40N6O.HI/c1-5-22-20(26-8-6-18(7-9-26)14-19(27)21-3)23-15-17(2)16-25-12-10-24(4)11-13-25;/h17-18H,5-16H2,1-4H3,(H,21,27)(H,22,23);1H. The van der Waals surface area contributed by atoms with Crippen LogP contribution in [-0.2, 0) is 4.79 Å². The van der Waals surface area contributed by atoms with Crippen molar-refractivity contribution in [3.05, 3.63) is 0 Å². The lowest BCUT2D eigenvalue weighted by Crippen LogP contribution is -2.47. The Hall–Kier alpha value is -0.610. The molecule has 0 aromatic heterocycles. The summed E-state index contributed by atoms with van der Waals surface area (Å²) in [6, 6.07) is 0. The summed E-state index contributed by atoms with van der Waals surface area (Å²) in [5.41, 5.74) is 0. The molecule has 7 nitrogen and oxygen atoms in total. The van der Waals surface area contributed by atoms with Gasteiger partial charge in [0.15, 0.2) is 5.96 Å². The monoisotopic (exact) mass is 508 g/mol. The number of nitrogens with one attached hydrogen (secondary N) is 2. The molecule has 2 aliphatic heterocycles. The summed E-state index contributed by atoms with van der Waals surface area (Å²) in [4.78, 5) is 23.9. The fourth-order valence-corrected chi connectivity index (χ4v) is 3.91. The van der Waals surface area contributed by atoms with Gasteiger partial charge in [-0.25, -0.2) is 0 Å². The Bertz CT molecular complexity index is 473. The first-order chi connectivity index (χ1) is 13.0. The number of piperidine rings is 1. The van der Waals surface area contributed by atoms with Crippen LogP contribution in [0.3, 0.4) is 0 Å². The predicted molar refractivity (Wildman–Crippen MR) is 127 cm³/mol. The lowest BCUT2D eigenvalue weighted by atomic mass is 9.93. The predicted octanol–water partition coefficient (Wildman–Crippen LogP) is 1.30. The molecule has 1 amide bonds. The number of hydrogen-bond donors (Lipinski definition) is 2. The molecule has 1 unspecified atom stereocenters. The highest BCUT2D eigenvalue weighted by Crippen LogP contribution is 2.20. The maximum absolute atomic E-state index is 11.6. The van der Waals surface area contributed by atoms with Crippen molar-refractivity contribution < 1.29 is 4.79 Å². The highest BCUT2D eigenvalue weighted by molar-refractivity contribution is 14.0. The molecular weight excluding hydrogens is 467 g/mol. The zero-order chi connectivity index (χ0) is 19.6. The number of carbonyl (C=O) groups excluding carboxylic acids is 1. The highest BCUT2D eigenvalue weighted by Gasteiger charge is 2.23. The Kier molecular flexibility index (Phi) is 12.3. The first-order valence-corrected chi connectivity index (χ1v) is 10.7. The first kappa shape index (κ1) is 25.4. The van der Waals surface area contributed by atoms with E-state index in [4.69, 9.17) is 4.99 Å². The Morgan fingerprint density at radius 3 is 2.36 bits per heavy atom. The van der Waals surface area contributed by atoms with Crippen LogP contribution in [-0.4, -0.2) is 99.6 Å². The van der Waals surface area contributed by atoms with Crippen molar-refractivity contribution in [2.75, 3.05) is 73.0 Å². The van der Waals surface area contributed by atoms with Crippen molar-refractivity contribution in [1.82, 2.24) is 25.3 Å². The number of halogens is 1. The van der Waals surface area contributed by atoms with E-state index in [1.54, 1.807) is 7.05 Å². The van der Waals surface area contributed by atoms with Crippen molar-refractivity contribution in [3.8, 4) is 0 Å². The van der Waals surface area contributed by atoms with E-state index in [0.717, 1.165) is 51.5 Å². The summed E-state index contributed by atoms with van der Waals surface area (Å²) in [7, 11) is 3.92. The van der Waals surface area contributed by atoms with Crippen LogP contribution in [0, 0.1) is 11.8 Å². The van der Waals surface area contributed by atoms with Gasteiger partial charge in [0.25, 0.3) is 0 Å². The first-order valence-electron chi connectivity index (χ1n) is 10.7. The van der Waals surface area contributed by atoms with Gasteiger partial charge in [-0.2, -0.15) is 0 Å². The van der Waals surface area contributed by atoms with E-state index < -0.39 is 0 Å². The molecule has 2 rings (SSSR count). The quantitative estimate of drug-likeness (QED) is 0.309. The van der Waals surface area contributed by atoms with Gasteiger partial charge in [-0.05, 0) is 38.6 Å². The van der Waals surface area contributed by atoms with Gasteiger partial charge in [0.1, 0.15) is 0 Å². The number of nitrogens with zero attached hydrogens (tertiary/aromatic N) is 4. The zero-order valence-corrected chi connectivity index (χ0v) is 20.6. The second-order valence-electron chi connectivity index (χ2n) is 8.21. The summed E-state index contributed by atoms with van der Waals surface area (Å²) in [6.45, 7) is 14.0. The fourth-order valence-electron chi connectivity index (χ4n) is 3.91. The summed E-state index contributed by atoms with van der Waals surface area (Å²) >= 11 is 0. The van der Waals surface area contributed by atoms with E-state index in [1.165, 1.54) is 26.2 Å². The number of piperazine rings is 1. The Morgan fingerprint density at radius 2 is 1.79 bits per heavy atom. The summed E-state index contributed by atoms with van der Waals surface area (Å²) < 4.78 is 0. The third-order valence-electron chi connectivity index (χ3n) is 5.72. The molecular formula is C20H41IN6O. The molecule has 0 aliphatic carbocycles. The van der Waals surface area contributed by atoms with Gasteiger partial charge >= 0.3 is 0 Å². The van der Waals surface area contributed by atoms with Gasteiger partial charge < -0.3 is 25.3 Å². The minimum atomic E-state index is 0. The topological polar surface area (TPSA) is 63.2 Å². The molecule has 0 saturated carbocycles. The van der Waals surface area contributed by atoms with Crippen molar-refractivity contribution in [2.45, 2.75) is 33.1 Å². The second-order valence-corrected chi connectivity index (χ2v) is 8.21. The van der Waals surface area contributed by atoms with Crippen LogP contribution in [0.5, 0.6) is 0 Å². The minimum Gasteiger partial charge on any atom is -0.359 e. The Labute approximate surface area is 188 Å². The maximum Gasteiger partial charge on any atom is 0.220 e. The van der Waals surface area contributed by atoms with Crippen LogP contribution < -0.4 is 10.6 Å². The molecule has 0 bridgehead atoms. The fraction of sp³-hybridized carbons (Fsp3) is 0.900. The van der Waals surface area contributed by atoms with Crippen molar-refractivity contribution >= 4 is 35.8 Å². The number of aliphatic imine (C=N–C) groups is 1. The molecule has 8 heteroatoms. The van der Waals surface area contributed by atoms with Crippen LogP contribution in [0.1, 0.15) is 33.1 Å². The van der Waals surface area contributed by atoms with E-state index in [1.807, 2.05) is 0 Å². The minimum absolute atomic E-state index is 0. The van der Waals surface area contributed by atoms with Crippen LogP contribution in [0.2, 0.25) is 0 Å². The SMILES string of the molecule is CCNC(=NCC(C)CN1CCN(C)CC1)N1CCC(CC(=O)NC)CC1.I. The van der Waals surface area contributed by atoms with Crippen molar-refractivity contribution in [3.63, 3.8) is 0 Å². The molecule has 1 atom stereocenters. The van der Waals surface area contributed by atoms with Gasteiger partial charge in [0, 0.05) is 72.4 Å². The van der Waals surface area contributed by atoms with Gasteiger partial charge in [0.2, 0.25) is 5.91 Å². The summed E-state index contributed by atoms with van der Waals surface area (Å²) in [5, 5.41) is 6.20. The molecule has 2 saturated heterocycles. The van der Waals surface area contributed by atoms with Crippen LogP contribution >= 0.6 is 24.0 Å². The van der Waals surface area contributed by atoms with Crippen molar-refractivity contribution in [1.29, 1.82) is 0 Å². The van der Waals surface area contributed by atoms with E-state index >= 15 is 0 Å².